The van der Waals surface area contributed by atoms with Crippen molar-refractivity contribution in [1.82, 2.24) is 19.9 Å². The zero-order valence-electron chi connectivity index (χ0n) is 15.8. The fourth-order valence-electron chi connectivity index (χ4n) is 3.80. The van der Waals surface area contributed by atoms with Crippen LogP contribution < -0.4 is 0 Å². The molecule has 7 nitrogen and oxygen atoms in total. The molecule has 3 atom stereocenters. The van der Waals surface area contributed by atoms with E-state index in [2.05, 4.69) is 15.0 Å². The molecule has 0 bridgehead atoms. The lowest BCUT2D eigenvalue weighted by Crippen LogP contribution is -2.57. The van der Waals surface area contributed by atoms with Crippen molar-refractivity contribution in [2.24, 2.45) is 0 Å². The number of ether oxygens (including phenoxy) is 1. The lowest BCUT2D eigenvalue weighted by Gasteiger charge is -2.41. The molecule has 0 N–H and O–H groups in total. The first-order valence-electron chi connectivity index (χ1n) is 9.25. The minimum Gasteiger partial charge on any atom is -0.372 e. The molecule has 0 spiro atoms. The van der Waals surface area contributed by atoms with Crippen LogP contribution in [0.1, 0.15) is 32.2 Å². The molecule has 2 aliphatic rings. The summed E-state index contributed by atoms with van der Waals surface area (Å²) in [6, 6.07) is 1.91. The van der Waals surface area contributed by atoms with E-state index in [1.54, 1.807) is 0 Å². The Morgan fingerprint density at radius 2 is 1.88 bits per heavy atom. The molecule has 25 heavy (non-hydrogen) atoms. The Morgan fingerprint density at radius 3 is 2.44 bits per heavy atom. The highest BCUT2D eigenvalue weighted by molar-refractivity contribution is 5.81. The summed E-state index contributed by atoms with van der Waals surface area (Å²) in [5.41, 5.74) is 0.918. The Labute approximate surface area is 149 Å². The largest absolute Gasteiger partial charge is 0.372 e. The maximum atomic E-state index is 12.9. The lowest BCUT2D eigenvalue weighted by atomic mass is 10.1. The average molecular weight is 350 g/mol. The van der Waals surface area contributed by atoms with Crippen LogP contribution in [0.2, 0.25) is 0 Å². The molecular formula is C18H30N4O3. The zero-order valence-corrected chi connectivity index (χ0v) is 15.8. The highest BCUT2D eigenvalue weighted by atomic mass is 16.5. The summed E-state index contributed by atoms with van der Waals surface area (Å²) < 4.78 is 11.0. The third kappa shape index (κ3) is 4.59. The van der Waals surface area contributed by atoms with Crippen molar-refractivity contribution < 1.29 is 14.1 Å². The molecule has 3 unspecified atom stereocenters. The first-order valence-corrected chi connectivity index (χ1v) is 9.25. The van der Waals surface area contributed by atoms with Gasteiger partial charge < -0.3 is 14.2 Å². The van der Waals surface area contributed by atoms with Crippen molar-refractivity contribution in [3.63, 3.8) is 0 Å². The average Bonchev–Trinajstić information content (AvgIpc) is 2.98. The van der Waals surface area contributed by atoms with Gasteiger partial charge >= 0.3 is 0 Å². The van der Waals surface area contributed by atoms with Gasteiger partial charge in [-0.1, -0.05) is 5.16 Å². The summed E-state index contributed by atoms with van der Waals surface area (Å²) in [5.74, 6) is 1.13. The Morgan fingerprint density at radius 1 is 1.24 bits per heavy atom. The number of carbonyl (C=O) groups is 1. The Kier molecular flexibility index (Phi) is 5.76. The molecule has 0 saturated carbocycles. The van der Waals surface area contributed by atoms with Crippen LogP contribution in [0.3, 0.4) is 0 Å². The molecule has 2 fully saturated rings. The van der Waals surface area contributed by atoms with Gasteiger partial charge in [-0.15, -0.1) is 0 Å². The predicted octanol–water partition coefficient (Wildman–Crippen LogP) is 1.12. The van der Waals surface area contributed by atoms with Crippen LogP contribution in [-0.2, 0) is 16.1 Å². The van der Waals surface area contributed by atoms with E-state index >= 15 is 0 Å². The summed E-state index contributed by atoms with van der Waals surface area (Å²) >= 11 is 0. The maximum absolute atomic E-state index is 12.9. The Hall–Kier alpha value is -1.44. The van der Waals surface area contributed by atoms with Gasteiger partial charge in [0.15, 0.2) is 5.76 Å². The number of rotatable bonds is 4. The highest BCUT2D eigenvalue weighted by Crippen LogP contribution is 2.16. The fraction of sp³-hybridized carbons (Fsp3) is 0.778. The van der Waals surface area contributed by atoms with Gasteiger partial charge in [0.2, 0.25) is 5.91 Å². The number of morpholine rings is 1. The quantitative estimate of drug-likeness (QED) is 0.811. The van der Waals surface area contributed by atoms with Gasteiger partial charge in [-0.3, -0.25) is 14.6 Å². The van der Waals surface area contributed by atoms with Crippen LogP contribution >= 0.6 is 0 Å². The molecule has 1 amide bonds. The van der Waals surface area contributed by atoms with Crippen LogP contribution in [0.5, 0.6) is 0 Å². The summed E-state index contributed by atoms with van der Waals surface area (Å²) in [6.07, 6.45) is 0.226. The van der Waals surface area contributed by atoms with Crippen LogP contribution in [0.25, 0.3) is 0 Å². The molecule has 1 aromatic heterocycles. The van der Waals surface area contributed by atoms with Crippen LogP contribution in [0.4, 0.5) is 0 Å². The minimum atomic E-state index is -0.0767. The van der Waals surface area contributed by atoms with Gasteiger partial charge in [0.25, 0.3) is 0 Å². The van der Waals surface area contributed by atoms with E-state index in [0.717, 1.165) is 44.2 Å². The van der Waals surface area contributed by atoms with Crippen LogP contribution in [0.15, 0.2) is 10.6 Å². The number of hydrogen-bond donors (Lipinski definition) is 0. The molecule has 140 valence electrons. The Bertz CT molecular complexity index is 573. The minimum absolute atomic E-state index is 0.0767. The fourth-order valence-corrected chi connectivity index (χ4v) is 3.80. The van der Waals surface area contributed by atoms with E-state index in [0.29, 0.717) is 13.1 Å². The number of amides is 1. The van der Waals surface area contributed by atoms with Crippen molar-refractivity contribution in [3.8, 4) is 0 Å². The molecule has 2 aliphatic heterocycles. The summed E-state index contributed by atoms with van der Waals surface area (Å²) in [5, 5.41) is 3.94. The van der Waals surface area contributed by atoms with E-state index in [1.165, 1.54) is 0 Å². The molecule has 2 saturated heterocycles. The highest BCUT2D eigenvalue weighted by Gasteiger charge is 2.32. The van der Waals surface area contributed by atoms with Gasteiger partial charge in [-0.05, 0) is 27.7 Å². The van der Waals surface area contributed by atoms with Crippen molar-refractivity contribution >= 4 is 5.91 Å². The zero-order chi connectivity index (χ0) is 18.0. The molecule has 7 heteroatoms. The van der Waals surface area contributed by atoms with Gasteiger partial charge in [0.1, 0.15) is 0 Å². The SMILES string of the molecule is Cc1cc(CN2CCN(C(C)C(=O)N3CC(C)OC(C)C3)CC2)on1. The first kappa shape index (κ1) is 18.4. The van der Waals surface area contributed by atoms with Gasteiger partial charge in [-0.2, -0.15) is 0 Å². The van der Waals surface area contributed by atoms with Crippen LogP contribution in [0, 0.1) is 6.92 Å². The number of carbonyl (C=O) groups excluding carboxylic acids is 1. The van der Waals surface area contributed by atoms with E-state index < -0.39 is 0 Å². The molecular weight excluding hydrogens is 320 g/mol. The number of aryl methyl sites for hydroxylation is 1. The third-order valence-corrected chi connectivity index (χ3v) is 5.10. The number of aromatic nitrogens is 1. The van der Waals surface area contributed by atoms with Crippen molar-refractivity contribution in [1.29, 1.82) is 0 Å². The van der Waals surface area contributed by atoms with E-state index in [4.69, 9.17) is 9.26 Å². The molecule has 0 radical (unpaired) electrons. The van der Waals surface area contributed by atoms with Gasteiger partial charge in [0.05, 0.1) is 30.5 Å². The normalized spacial score (nSPS) is 27.4. The molecule has 0 aliphatic carbocycles. The van der Waals surface area contributed by atoms with Crippen LogP contribution in [-0.4, -0.2) is 83.3 Å². The van der Waals surface area contributed by atoms with E-state index in [9.17, 15) is 4.79 Å². The maximum Gasteiger partial charge on any atom is 0.239 e. The van der Waals surface area contributed by atoms with Gasteiger partial charge in [0, 0.05) is 45.3 Å². The standard InChI is InChI=1S/C18H30N4O3/c1-13-9-17(25-19-13)12-20-5-7-21(8-6-20)16(4)18(23)22-10-14(2)24-15(3)11-22/h9,14-16H,5-8,10-12H2,1-4H3. The molecule has 3 heterocycles. The number of nitrogens with zero attached hydrogens (tertiary/aromatic N) is 4. The van der Waals surface area contributed by atoms with Crippen molar-refractivity contribution in [3.05, 3.63) is 17.5 Å². The van der Waals surface area contributed by atoms with Gasteiger partial charge in [-0.25, -0.2) is 0 Å². The number of hydrogen-bond acceptors (Lipinski definition) is 6. The summed E-state index contributed by atoms with van der Waals surface area (Å²) in [6.45, 7) is 13.9. The van der Waals surface area contributed by atoms with Crippen molar-refractivity contribution in [2.75, 3.05) is 39.3 Å². The molecule has 0 aromatic carbocycles. The topological polar surface area (TPSA) is 62.0 Å². The second kappa shape index (κ2) is 7.85. The molecule has 3 rings (SSSR count). The smallest absolute Gasteiger partial charge is 0.239 e. The third-order valence-electron chi connectivity index (χ3n) is 5.10. The van der Waals surface area contributed by atoms with E-state index in [1.807, 2.05) is 38.7 Å². The lowest BCUT2D eigenvalue weighted by molar-refractivity contribution is -0.148. The Balaban J connectivity index is 1.49. The molecule has 1 aromatic rings. The van der Waals surface area contributed by atoms with E-state index in [-0.39, 0.29) is 24.2 Å². The number of piperazine rings is 1. The summed E-state index contributed by atoms with van der Waals surface area (Å²) in [4.78, 5) is 19.5. The predicted molar refractivity (Wildman–Crippen MR) is 94.1 cm³/mol. The monoisotopic (exact) mass is 350 g/mol. The summed E-state index contributed by atoms with van der Waals surface area (Å²) in [7, 11) is 0. The second-order valence-corrected chi connectivity index (χ2v) is 7.42. The first-order chi connectivity index (χ1) is 11.9. The van der Waals surface area contributed by atoms with Crippen molar-refractivity contribution in [2.45, 2.75) is 52.5 Å². The second-order valence-electron chi connectivity index (χ2n) is 7.42.